The molecule has 1 rings (SSSR count). The zero-order valence-corrected chi connectivity index (χ0v) is 11.6. The maximum atomic E-state index is 11.9. The highest BCUT2D eigenvalue weighted by Crippen LogP contribution is 2.16. The Hall–Kier alpha value is -1.07. The number of rotatable bonds is 5. The van der Waals surface area contributed by atoms with Gasteiger partial charge in [-0.3, -0.25) is 4.72 Å². The first-order valence-electron chi connectivity index (χ1n) is 5.60. The van der Waals surface area contributed by atoms with Gasteiger partial charge in [-0.15, -0.1) is 0 Å². The second-order valence-electron chi connectivity index (χ2n) is 4.31. The lowest BCUT2D eigenvalue weighted by molar-refractivity contribution is 0.584. The summed E-state index contributed by atoms with van der Waals surface area (Å²) >= 11 is 0. The Labute approximate surface area is 103 Å². The van der Waals surface area contributed by atoms with Crippen molar-refractivity contribution in [2.45, 2.75) is 26.0 Å². The molecule has 0 radical (unpaired) electrons. The van der Waals surface area contributed by atoms with Crippen LogP contribution in [0.5, 0.6) is 0 Å². The van der Waals surface area contributed by atoms with E-state index in [1.807, 2.05) is 26.0 Å². The van der Waals surface area contributed by atoms with Crippen LogP contribution in [0, 0.1) is 13.8 Å². The summed E-state index contributed by atoms with van der Waals surface area (Å²) in [5, 5.41) is 2.40. The Bertz CT molecular complexity index is 483. The number of anilines is 1. The molecule has 4 nitrogen and oxygen atoms in total. The van der Waals surface area contributed by atoms with Crippen LogP contribution < -0.4 is 10.0 Å². The zero-order valence-electron chi connectivity index (χ0n) is 10.7. The Morgan fingerprint density at radius 2 is 1.88 bits per heavy atom. The standard InChI is InChI=1S/C12H20N2O2S/c1-9-5-6-12(7-10(9)2)14-17(15,16)11(3)8-13-4/h5-7,11,13-14H,8H2,1-4H3. The van der Waals surface area contributed by atoms with E-state index in [1.165, 1.54) is 0 Å². The maximum absolute atomic E-state index is 11.9. The highest BCUT2D eigenvalue weighted by atomic mass is 32.2. The molecule has 5 heteroatoms. The average molecular weight is 256 g/mol. The Morgan fingerprint density at radius 1 is 1.24 bits per heavy atom. The van der Waals surface area contributed by atoms with Crippen molar-refractivity contribution >= 4 is 15.7 Å². The predicted molar refractivity (Wildman–Crippen MR) is 71.8 cm³/mol. The molecule has 0 aliphatic carbocycles. The molecule has 1 unspecified atom stereocenters. The number of benzene rings is 1. The number of hydrogen-bond acceptors (Lipinski definition) is 3. The summed E-state index contributed by atoms with van der Waals surface area (Å²) in [4.78, 5) is 0. The maximum Gasteiger partial charge on any atom is 0.236 e. The van der Waals surface area contributed by atoms with Crippen molar-refractivity contribution in [3.63, 3.8) is 0 Å². The van der Waals surface area contributed by atoms with Crippen LogP contribution in [0.3, 0.4) is 0 Å². The largest absolute Gasteiger partial charge is 0.318 e. The van der Waals surface area contributed by atoms with Crippen molar-refractivity contribution in [2.24, 2.45) is 0 Å². The van der Waals surface area contributed by atoms with E-state index in [2.05, 4.69) is 10.0 Å². The van der Waals surface area contributed by atoms with Crippen LogP contribution >= 0.6 is 0 Å². The second kappa shape index (κ2) is 5.51. The van der Waals surface area contributed by atoms with E-state index in [4.69, 9.17) is 0 Å². The lowest BCUT2D eigenvalue weighted by atomic mass is 10.1. The molecule has 0 spiro atoms. The van der Waals surface area contributed by atoms with E-state index in [1.54, 1.807) is 20.0 Å². The third-order valence-corrected chi connectivity index (χ3v) is 4.53. The van der Waals surface area contributed by atoms with E-state index in [0.29, 0.717) is 12.2 Å². The van der Waals surface area contributed by atoms with E-state index in [9.17, 15) is 8.42 Å². The van der Waals surface area contributed by atoms with Gasteiger partial charge in [0.05, 0.1) is 5.25 Å². The average Bonchev–Trinajstić information content (AvgIpc) is 2.23. The van der Waals surface area contributed by atoms with Crippen molar-refractivity contribution in [2.75, 3.05) is 18.3 Å². The minimum atomic E-state index is -3.32. The SMILES string of the molecule is CNCC(C)S(=O)(=O)Nc1ccc(C)c(C)c1. The summed E-state index contributed by atoms with van der Waals surface area (Å²) in [5.41, 5.74) is 2.85. The van der Waals surface area contributed by atoms with Crippen molar-refractivity contribution in [1.82, 2.24) is 5.32 Å². The third kappa shape index (κ3) is 3.71. The highest BCUT2D eigenvalue weighted by Gasteiger charge is 2.19. The molecular formula is C12H20N2O2S. The molecule has 1 atom stereocenters. The van der Waals surface area contributed by atoms with E-state index in [-0.39, 0.29) is 0 Å². The molecule has 2 N–H and O–H groups in total. The van der Waals surface area contributed by atoms with Gasteiger partial charge in [0.25, 0.3) is 0 Å². The number of hydrogen-bond donors (Lipinski definition) is 2. The molecule has 96 valence electrons. The van der Waals surface area contributed by atoms with Crippen LogP contribution in [0.4, 0.5) is 5.69 Å². The number of sulfonamides is 1. The van der Waals surface area contributed by atoms with Crippen molar-refractivity contribution < 1.29 is 8.42 Å². The van der Waals surface area contributed by atoms with Crippen LogP contribution in [-0.2, 0) is 10.0 Å². The minimum Gasteiger partial charge on any atom is -0.318 e. The van der Waals surface area contributed by atoms with Crippen LogP contribution in [0.15, 0.2) is 18.2 Å². The van der Waals surface area contributed by atoms with Crippen molar-refractivity contribution in [1.29, 1.82) is 0 Å². The lowest BCUT2D eigenvalue weighted by Gasteiger charge is -2.15. The van der Waals surface area contributed by atoms with Gasteiger partial charge in [-0.1, -0.05) is 6.07 Å². The van der Waals surface area contributed by atoms with Gasteiger partial charge >= 0.3 is 0 Å². The van der Waals surface area contributed by atoms with Gasteiger partial charge in [-0.05, 0) is 51.1 Å². The van der Waals surface area contributed by atoms with Crippen molar-refractivity contribution in [3.05, 3.63) is 29.3 Å². The molecule has 0 amide bonds. The first-order chi connectivity index (χ1) is 7.86. The van der Waals surface area contributed by atoms with Gasteiger partial charge in [0.15, 0.2) is 0 Å². The van der Waals surface area contributed by atoms with Crippen LogP contribution in [0.1, 0.15) is 18.1 Å². The summed E-state index contributed by atoms with van der Waals surface area (Å²) in [7, 11) is -1.58. The minimum absolute atomic E-state index is 0.431. The monoisotopic (exact) mass is 256 g/mol. The Morgan fingerprint density at radius 3 is 2.41 bits per heavy atom. The summed E-state index contributed by atoms with van der Waals surface area (Å²) in [6.45, 7) is 6.07. The molecule has 0 aliphatic rings. The molecule has 0 fully saturated rings. The van der Waals surface area contributed by atoms with E-state index in [0.717, 1.165) is 11.1 Å². The fraction of sp³-hybridized carbons (Fsp3) is 0.500. The molecule has 0 saturated carbocycles. The fourth-order valence-electron chi connectivity index (χ4n) is 1.47. The molecule has 1 aromatic carbocycles. The number of nitrogens with one attached hydrogen (secondary N) is 2. The first kappa shape index (κ1) is 14.0. The van der Waals surface area contributed by atoms with Gasteiger partial charge in [0.1, 0.15) is 0 Å². The molecule has 0 saturated heterocycles. The normalized spacial score (nSPS) is 13.4. The van der Waals surface area contributed by atoms with Gasteiger partial charge < -0.3 is 5.32 Å². The van der Waals surface area contributed by atoms with E-state index >= 15 is 0 Å². The Balaban J connectivity index is 2.86. The van der Waals surface area contributed by atoms with Crippen LogP contribution in [-0.4, -0.2) is 27.3 Å². The van der Waals surface area contributed by atoms with Gasteiger partial charge in [-0.2, -0.15) is 0 Å². The quantitative estimate of drug-likeness (QED) is 0.842. The topological polar surface area (TPSA) is 58.2 Å². The van der Waals surface area contributed by atoms with E-state index < -0.39 is 15.3 Å². The van der Waals surface area contributed by atoms with Crippen molar-refractivity contribution in [3.8, 4) is 0 Å². The molecular weight excluding hydrogens is 236 g/mol. The van der Waals surface area contributed by atoms with Gasteiger partial charge in [0, 0.05) is 12.2 Å². The second-order valence-corrected chi connectivity index (χ2v) is 6.41. The summed E-state index contributed by atoms with van der Waals surface area (Å²) in [5.74, 6) is 0. The third-order valence-electron chi connectivity index (χ3n) is 2.79. The fourth-order valence-corrected chi connectivity index (χ4v) is 2.51. The highest BCUT2D eigenvalue weighted by molar-refractivity contribution is 7.93. The molecule has 0 aromatic heterocycles. The van der Waals surface area contributed by atoms with Crippen LogP contribution in [0.2, 0.25) is 0 Å². The Kier molecular flexibility index (Phi) is 4.54. The molecule has 0 bridgehead atoms. The molecule has 0 heterocycles. The summed E-state index contributed by atoms with van der Waals surface area (Å²) < 4.78 is 26.5. The lowest BCUT2D eigenvalue weighted by Crippen LogP contribution is -2.33. The summed E-state index contributed by atoms with van der Waals surface area (Å²) in [6, 6.07) is 5.54. The smallest absolute Gasteiger partial charge is 0.236 e. The van der Waals surface area contributed by atoms with Gasteiger partial charge in [-0.25, -0.2) is 8.42 Å². The number of aryl methyl sites for hydroxylation is 2. The predicted octanol–water partition coefficient (Wildman–Crippen LogP) is 1.65. The molecule has 1 aromatic rings. The molecule has 0 aliphatic heterocycles. The zero-order chi connectivity index (χ0) is 13.1. The summed E-state index contributed by atoms with van der Waals surface area (Å²) in [6.07, 6.45) is 0. The van der Waals surface area contributed by atoms with Crippen LogP contribution in [0.25, 0.3) is 0 Å². The first-order valence-corrected chi connectivity index (χ1v) is 7.15. The van der Waals surface area contributed by atoms with Gasteiger partial charge in [0.2, 0.25) is 10.0 Å². The molecule has 17 heavy (non-hydrogen) atoms.